The maximum atomic E-state index is 12.0. The Morgan fingerprint density at radius 3 is 2.38 bits per heavy atom. The Morgan fingerprint density at radius 1 is 1.04 bits per heavy atom. The van der Waals surface area contributed by atoms with Gasteiger partial charge in [0, 0.05) is 34.3 Å². The average molecular weight is 393 g/mol. The molecule has 26 heavy (non-hydrogen) atoms. The summed E-state index contributed by atoms with van der Waals surface area (Å²) < 4.78 is 5.37. The molecule has 0 saturated heterocycles. The Kier molecular flexibility index (Phi) is 8.31. The van der Waals surface area contributed by atoms with E-state index in [-0.39, 0.29) is 18.4 Å². The molecule has 2 aromatic rings. The summed E-state index contributed by atoms with van der Waals surface area (Å²) in [7, 11) is 0. The second kappa shape index (κ2) is 10.7. The first-order valence-corrected chi connectivity index (χ1v) is 9.61. The Labute approximate surface area is 162 Å². The van der Waals surface area contributed by atoms with Gasteiger partial charge in [0.25, 0.3) is 5.91 Å². The number of benzene rings is 2. The van der Waals surface area contributed by atoms with Crippen LogP contribution in [0, 0.1) is 0 Å². The van der Waals surface area contributed by atoms with Gasteiger partial charge in [-0.3, -0.25) is 9.59 Å². The van der Waals surface area contributed by atoms with E-state index in [4.69, 9.17) is 16.3 Å². The summed E-state index contributed by atoms with van der Waals surface area (Å²) in [4.78, 5) is 24.4. The number of hydrogen-bond donors (Lipinski definition) is 2. The molecule has 2 aromatic carbocycles. The number of nitrogens with one attached hydrogen (secondary N) is 2. The van der Waals surface area contributed by atoms with Crippen molar-refractivity contribution in [2.24, 2.45) is 0 Å². The Balaban J connectivity index is 1.71. The third-order valence-electron chi connectivity index (χ3n) is 3.29. The van der Waals surface area contributed by atoms with Gasteiger partial charge in [0.15, 0.2) is 6.61 Å². The number of halogens is 1. The molecular weight excluding hydrogens is 372 g/mol. The van der Waals surface area contributed by atoms with Crippen LogP contribution in [0.1, 0.15) is 13.3 Å². The lowest BCUT2D eigenvalue weighted by molar-refractivity contribution is -0.123. The van der Waals surface area contributed by atoms with Gasteiger partial charge in [0.1, 0.15) is 5.75 Å². The molecule has 138 valence electrons. The zero-order chi connectivity index (χ0) is 18.8. The van der Waals surface area contributed by atoms with Crippen LogP contribution in [-0.2, 0) is 9.59 Å². The fourth-order valence-electron chi connectivity index (χ4n) is 2.05. The van der Waals surface area contributed by atoms with Gasteiger partial charge in [-0.1, -0.05) is 11.6 Å². The highest BCUT2D eigenvalue weighted by Gasteiger charge is 2.05. The number of thioether (sulfide) groups is 1. The van der Waals surface area contributed by atoms with Gasteiger partial charge in [-0.05, 0) is 55.5 Å². The van der Waals surface area contributed by atoms with Crippen molar-refractivity contribution in [1.82, 2.24) is 5.32 Å². The smallest absolute Gasteiger partial charge is 0.257 e. The molecule has 0 unspecified atom stereocenters. The first kappa shape index (κ1) is 20.1. The molecule has 0 bridgehead atoms. The van der Waals surface area contributed by atoms with E-state index in [1.54, 1.807) is 36.0 Å². The molecule has 5 nitrogen and oxygen atoms in total. The van der Waals surface area contributed by atoms with Crippen LogP contribution in [-0.4, -0.2) is 30.7 Å². The monoisotopic (exact) mass is 392 g/mol. The number of ether oxygens (including phenoxy) is 1. The van der Waals surface area contributed by atoms with Crippen LogP contribution in [0.3, 0.4) is 0 Å². The summed E-state index contributed by atoms with van der Waals surface area (Å²) in [6.07, 6.45) is 0.405. The highest BCUT2D eigenvalue weighted by molar-refractivity contribution is 7.99. The number of hydrogen-bond acceptors (Lipinski definition) is 4. The lowest BCUT2D eigenvalue weighted by atomic mass is 10.3. The average Bonchev–Trinajstić information content (AvgIpc) is 2.63. The van der Waals surface area contributed by atoms with E-state index in [2.05, 4.69) is 10.6 Å². The topological polar surface area (TPSA) is 67.4 Å². The second-order valence-corrected chi connectivity index (χ2v) is 6.97. The normalized spacial score (nSPS) is 10.2. The van der Waals surface area contributed by atoms with Crippen molar-refractivity contribution in [3.63, 3.8) is 0 Å². The van der Waals surface area contributed by atoms with Crippen LogP contribution in [0.4, 0.5) is 5.69 Å². The number of carbonyl (C=O) groups is 2. The standard InChI is InChI=1S/C19H21ClN2O3S/c1-2-21-19(24)13-25-16-7-5-15(6-8-16)22-18(23)11-12-26-17-9-3-14(20)4-10-17/h3-10H,2,11-13H2,1H3,(H,21,24)(H,22,23). The molecule has 0 aliphatic carbocycles. The molecule has 0 aromatic heterocycles. The highest BCUT2D eigenvalue weighted by Crippen LogP contribution is 2.21. The third kappa shape index (κ3) is 7.37. The van der Waals surface area contributed by atoms with E-state index >= 15 is 0 Å². The van der Waals surface area contributed by atoms with Gasteiger partial charge >= 0.3 is 0 Å². The third-order valence-corrected chi connectivity index (χ3v) is 4.56. The van der Waals surface area contributed by atoms with Crippen molar-refractivity contribution in [2.45, 2.75) is 18.2 Å². The summed E-state index contributed by atoms with van der Waals surface area (Å²) in [5.41, 5.74) is 0.692. The summed E-state index contributed by atoms with van der Waals surface area (Å²) in [5.74, 6) is 1.04. The van der Waals surface area contributed by atoms with Gasteiger partial charge < -0.3 is 15.4 Å². The van der Waals surface area contributed by atoms with Crippen LogP contribution >= 0.6 is 23.4 Å². The van der Waals surface area contributed by atoms with E-state index in [0.29, 0.717) is 35.2 Å². The molecule has 0 aliphatic heterocycles. The molecule has 0 atom stereocenters. The SMILES string of the molecule is CCNC(=O)COc1ccc(NC(=O)CCSc2ccc(Cl)cc2)cc1. The first-order chi connectivity index (χ1) is 12.6. The van der Waals surface area contributed by atoms with Gasteiger partial charge in [0.2, 0.25) is 5.91 Å². The van der Waals surface area contributed by atoms with Crippen LogP contribution in [0.5, 0.6) is 5.75 Å². The molecule has 7 heteroatoms. The molecule has 2 rings (SSSR count). The molecular formula is C19H21ClN2O3S. The van der Waals surface area contributed by atoms with E-state index in [0.717, 1.165) is 4.90 Å². The zero-order valence-corrected chi connectivity index (χ0v) is 16.0. The molecule has 0 radical (unpaired) electrons. The lowest BCUT2D eigenvalue weighted by Gasteiger charge is -2.08. The fourth-order valence-corrected chi connectivity index (χ4v) is 3.03. The Morgan fingerprint density at radius 2 is 1.73 bits per heavy atom. The number of anilines is 1. The zero-order valence-electron chi connectivity index (χ0n) is 14.5. The van der Waals surface area contributed by atoms with Crippen molar-refractivity contribution in [3.05, 3.63) is 53.6 Å². The van der Waals surface area contributed by atoms with E-state index in [9.17, 15) is 9.59 Å². The summed E-state index contributed by atoms with van der Waals surface area (Å²) in [6.45, 7) is 2.40. The summed E-state index contributed by atoms with van der Waals surface area (Å²) in [6, 6.07) is 14.5. The fraction of sp³-hybridized carbons (Fsp3) is 0.263. The van der Waals surface area contributed by atoms with Crippen LogP contribution < -0.4 is 15.4 Å². The van der Waals surface area contributed by atoms with Gasteiger partial charge in [0.05, 0.1) is 0 Å². The molecule has 0 saturated carbocycles. The number of amides is 2. The van der Waals surface area contributed by atoms with E-state index in [1.807, 2.05) is 31.2 Å². The molecule has 0 spiro atoms. The van der Waals surface area contributed by atoms with Crippen LogP contribution in [0.2, 0.25) is 5.02 Å². The predicted octanol–water partition coefficient (Wildman–Crippen LogP) is 3.98. The lowest BCUT2D eigenvalue weighted by Crippen LogP contribution is -2.28. The molecule has 2 amide bonds. The number of carbonyl (C=O) groups excluding carboxylic acids is 2. The van der Waals surface area contributed by atoms with E-state index < -0.39 is 0 Å². The van der Waals surface area contributed by atoms with Gasteiger partial charge in [-0.25, -0.2) is 0 Å². The van der Waals surface area contributed by atoms with Gasteiger partial charge in [-0.15, -0.1) is 11.8 Å². The molecule has 0 aliphatic rings. The van der Waals surface area contributed by atoms with Crippen molar-refractivity contribution in [2.75, 3.05) is 24.2 Å². The molecule has 2 N–H and O–H groups in total. The summed E-state index contributed by atoms with van der Waals surface area (Å²) >= 11 is 7.45. The maximum absolute atomic E-state index is 12.0. The number of likely N-dealkylation sites (N-methyl/N-ethyl adjacent to an activating group) is 1. The van der Waals surface area contributed by atoms with Crippen molar-refractivity contribution >= 4 is 40.9 Å². The second-order valence-electron chi connectivity index (χ2n) is 5.37. The number of rotatable bonds is 9. The van der Waals surface area contributed by atoms with Crippen LogP contribution in [0.15, 0.2) is 53.4 Å². The van der Waals surface area contributed by atoms with Crippen molar-refractivity contribution < 1.29 is 14.3 Å². The van der Waals surface area contributed by atoms with Crippen LogP contribution in [0.25, 0.3) is 0 Å². The quantitative estimate of drug-likeness (QED) is 0.633. The minimum atomic E-state index is -0.164. The first-order valence-electron chi connectivity index (χ1n) is 8.24. The predicted molar refractivity (Wildman–Crippen MR) is 106 cm³/mol. The summed E-state index contributed by atoms with van der Waals surface area (Å²) in [5, 5.41) is 6.20. The Bertz CT molecular complexity index is 721. The minimum Gasteiger partial charge on any atom is -0.484 e. The largest absolute Gasteiger partial charge is 0.484 e. The van der Waals surface area contributed by atoms with Gasteiger partial charge in [-0.2, -0.15) is 0 Å². The van der Waals surface area contributed by atoms with Crippen molar-refractivity contribution in [1.29, 1.82) is 0 Å². The maximum Gasteiger partial charge on any atom is 0.257 e. The molecule has 0 heterocycles. The Hall–Kier alpha value is -2.18. The molecule has 0 fully saturated rings. The van der Waals surface area contributed by atoms with E-state index in [1.165, 1.54) is 0 Å². The highest BCUT2D eigenvalue weighted by atomic mass is 35.5. The minimum absolute atomic E-state index is 0.0263. The van der Waals surface area contributed by atoms with Crippen molar-refractivity contribution in [3.8, 4) is 5.75 Å².